The van der Waals surface area contributed by atoms with Crippen molar-refractivity contribution in [2.75, 3.05) is 66.8 Å². The Labute approximate surface area is 636 Å². The van der Waals surface area contributed by atoms with E-state index in [1.807, 2.05) is 103 Å². The number of fused-ring (bicyclic) bond motifs is 5. The zero-order valence-corrected chi connectivity index (χ0v) is 63.3. The van der Waals surface area contributed by atoms with Crippen molar-refractivity contribution >= 4 is 105 Å². The van der Waals surface area contributed by atoms with Crippen molar-refractivity contribution in [2.24, 2.45) is 0 Å². The first kappa shape index (κ1) is 78.9. The van der Waals surface area contributed by atoms with Crippen LogP contribution in [0.1, 0.15) is 102 Å². The van der Waals surface area contributed by atoms with Crippen molar-refractivity contribution < 1.29 is 64.8 Å². The second-order valence-corrected chi connectivity index (χ2v) is 27.7. The molecule has 110 heavy (non-hydrogen) atoms. The Kier molecular flexibility index (Phi) is 25.3. The standard InChI is InChI=1S/2C17H18FN3O2.C16H16FN3O2.C16H14FN3O2.C14H11BrFN3O/c1-17(2,22)12-8-14-16(20-23-19-14)15(9-12)21(3)10-11-4-6-13(18)7-5-11;1-11(22-3)13-8-15-17(20-23-19-15)16(9-13)21(2)10-12-4-6-14(18)7-5-12;2*1-10(21)12-7-14-16(19-22-18-14)15(8-12)20(2)9-11-3-5-13(17)6-4-11;1-19(8-9-2-4-11(16)5-3-9)13-7-10(15)6-12-14(13)18-20-17-12/h4-9,22H,10H2,1-3H3;4-9,11H,10H2,1-3H3;3-8,10,21H,9H2,1-2H3;3-8H,9H2,1-2H3;2-7H,8H2,1H3. The maximum Gasteiger partial charge on any atom is 0.159 e. The third kappa shape index (κ3) is 20.0. The Balaban J connectivity index is 0.000000136. The first-order valence-corrected chi connectivity index (χ1v) is 35.1. The highest BCUT2D eigenvalue weighted by atomic mass is 79.9. The van der Waals surface area contributed by atoms with E-state index in [-0.39, 0.29) is 41.0 Å². The summed E-state index contributed by atoms with van der Waals surface area (Å²) < 4.78 is 95.3. The molecule has 0 saturated heterocycles. The van der Waals surface area contributed by atoms with Gasteiger partial charge in [-0.2, -0.15) is 0 Å². The van der Waals surface area contributed by atoms with Crippen molar-refractivity contribution in [3.63, 3.8) is 0 Å². The van der Waals surface area contributed by atoms with E-state index in [2.05, 4.69) is 67.5 Å². The summed E-state index contributed by atoms with van der Waals surface area (Å²) in [7, 11) is 11.2. The second-order valence-electron chi connectivity index (χ2n) is 26.7. The average Bonchev–Trinajstić information content (AvgIpc) is 1.60. The van der Waals surface area contributed by atoms with Crippen molar-refractivity contribution in [2.45, 2.75) is 85.2 Å². The Bertz CT molecular complexity index is 5570. The monoisotopic (exact) mass is 1570 g/mol. The molecule has 2 atom stereocenters. The summed E-state index contributed by atoms with van der Waals surface area (Å²) in [6, 6.07) is 50.3. The van der Waals surface area contributed by atoms with Crippen LogP contribution in [-0.4, -0.2) is 110 Å². The van der Waals surface area contributed by atoms with E-state index >= 15 is 0 Å². The summed E-state index contributed by atoms with van der Waals surface area (Å²) in [4.78, 5) is 21.5. The molecule has 0 amide bonds. The Morgan fingerprint density at radius 3 is 0.991 bits per heavy atom. The third-order valence-electron chi connectivity index (χ3n) is 17.9. The molecule has 0 saturated carbocycles. The van der Waals surface area contributed by atoms with E-state index in [1.54, 1.807) is 113 Å². The number of ether oxygens (including phenoxy) is 1. The highest BCUT2D eigenvalue weighted by Crippen LogP contribution is 2.36. The van der Waals surface area contributed by atoms with E-state index in [4.69, 9.17) is 27.9 Å². The van der Waals surface area contributed by atoms with Crippen LogP contribution in [0.4, 0.5) is 50.4 Å². The number of aliphatic hydroxyl groups excluding tert-OH is 1. The molecular formula is C80H77BrF5N15O9. The van der Waals surface area contributed by atoms with Gasteiger partial charge in [-0.15, -0.1) is 0 Å². The fourth-order valence-corrected chi connectivity index (χ4v) is 12.2. The van der Waals surface area contributed by atoms with Gasteiger partial charge >= 0.3 is 0 Å². The van der Waals surface area contributed by atoms with Crippen LogP contribution in [0.15, 0.2) is 210 Å². The predicted octanol–water partition coefficient (Wildman–Crippen LogP) is 16.9. The molecule has 15 rings (SSSR count). The number of hydrogen-bond acceptors (Lipinski definition) is 24. The number of methoxy groups -OCH3 is 1. The van der Waals surface area contributed by atoms with Crippen LogP contribution < -0.4 is 24.5 Å². The smallest absolute Gasteiger partial charge is 0.159 e. The quantitative estimate of drug-likeness (QED) is 0.0530. The van der Waals surface area contributed by atoms with Crippen molar-refractivity contribution in [3.8, 4) is 0 Å². The molecule has 0 aliphatic carbocycles. The van der Waals surface area contributed by atoms with Crippen LogP contribution in [0.25, 0.3) is 55.2 Å². The molecular weight excluding hydrogens is 1490 g/mol. The lowest BCUT2D eigenvalue weighted by Crippen LogP contribution is -2.20. The van der Waals surface area contributed by atoms with Crippen LogP contribution in [0, 0.1) is 29.1 Å². The minimum atomic E-state index is -1.00. The second kappa shape index (κ2) is 35.3. The molecule has 2 N–H and O–H groups in total. The summed E-state index contributed by atoms with van der Waals surface area (Å²) in [5.41, 5.74) is 17.4. The largest absolute Gasteiger partial charge is 0.389 e. The molecule has 5 aromatic heterocycles. The topological polar surface area (TPSA) is 278 Å². The van der Waals surface area contributed by atoms with E-state index in [1.165, 1.54) is 67.6 Å². The maximum absolute atomic E-state index is 13.0. The molecule has 24 nitrogen and oxygen atoms in total. The van der Waals surface area contributed by atoms with Gasteiger partial charge in [0.15, 0.2) is 33.4 Å². The number of carbonyl (C=O) groups excluding carboxylic acids is 1. The molecule has 15 aromatic rings. The number of aliphatic hydroxyl groups is 2. The Morgan fingerprint density at radius 2 is 0.682 bits per heavy atom. The molecule has 10 aromatic carbocycles. The number of Topliss-reactive ketones (excluding diaryl/α,β-unsaturated/α-hetero) is 1. The predicted molar refractivity (Wildman–Crippen MR) is 411 cm³/mol. The number of nitrogens with zero attached hydrogens (tertiary/aromatic N) is 15. The highest BCUT2D eigenvalue weighted by Gasteiger charge is 2.24. The average molecular weight is 1570 g/mol. The molecule has 0 aliphatic heterocycles. The van der Waals surface area contributed by atoms with E-state index in [9.17, 15) is 37.0 Å². The minimum Gasteiger partial charge on any atom is -0.389 e. The fourth-order valence-electron chi connectivity index (χ4n) is 11.7. The summed E-state index contributed by atoms with van der Waals surface area (Å²) in [5.74, 6) is -1.32. The molecule has 0 radical (unpaired) electrons. The molecule has 2 unspecified atom stereocenters. The van der Waals surface area contributed by atoms with Gasteiger partial charge in [-0.05, 0) is 252 Å². The van der Waals surface area contributed by atoms with Gasteiger partial charge in [-0.1, -0.05) is 76.6 Å². The minimum absolute atomic E-state index is 0.0543. The summed E-state index contributed by atoms with van der Waals surface area (Å²) in [6.07, 6.45) is -0.673. The molecule has 0 aliphatic rings. The molecule has 5 heterocycles. The van der Waals surface area contributed by atoms with Crippen molar-refractivity contribution in [1.82, 2.24) is 51.6 Å². The van der Waals surface area contributed by atoms with Gasteiger partial charge < -0.3 is 39.4 Å². The van der Waals surface area contributed by atoms with E-state index in [0.29, 0.717) is 93.5 Å². The lowest BCUT2D eigenvalue weighted by atomic mass is 9.97. The summed E-state index contributed by atoms with van der Waals surface area (Å²) >= 11 is 3.45. The zero-order chi connectivity index (χ0) is 78.5. The van der Waals surface area contributed by atoms with E-state index < -0.39 is 11.7 Å². The number of halogens is 6. The van der Waals surface area contributed by atoms with Crippen molar-refractivity contribution in [1.29, 1.82) is 0 Å². The maximum atomic E-state index is 13.0. The van der Waals surface area contributed by atoms with Gasteiger partial charge in [0.1, 0.15) is 56.7 Å². The van der Waals surface area contributed by atoms with Gasteiger partial charge in [0, 0.05) is 85.1 Å². The first-order chi connectivity index (χ1) is 52.6. The lowest BCUT2D eigenvalue weighted by molar-refractivity contribution is 0.0787. The van der Waals surface area contributed by atoms with Crippen LogP contribution in [0.3, 0.4) is 0 Å². The number of anilines is 5. The molecule has 0 fully saturated rings. The SMILES string of the molecule is CC(=O)c1cc(N(C)Cc2ccc(F)cc2)c2nonc2c1.CC(O)c1cc(N(C)Cc2ccc(F)cc2)c2nonc2c1.CN(Cc1ccc(F)cc1)c1cc(Br)cc2nonc12.CN(Cc1ccc(F)cc1)c1cc(C(C)(C)O)cc2nonc12.COC(C)c1cc(N(C)Cc2ccc(F)cc2)c2nonc2c1. The van der Waals surface area contributed by atoms with E-state index in [0.717, 1.165) is 77.4 Å². The number of aromatic nitrogens is 10. The zero-order valence-electron chi connectivity index (χ0n) is 61.7. The van der Waals surface area contributed by atoms with Crippen LogP contribution in [-0.2, 0) is 43.1 Å². The normalized spacial score (nSPS) is 11.8. The fraction of sp³-hybridized carbons (Fsp3) is 0.237. The van der Waals surface area contributed by atoms with Gasteiger partial charge in [-0.25, -0.2) is 45.1 Å². The summed E-state index contributed by atoms with van der Waals surface area (Å²) in [5, 5.41) is 59.1. The van der Waals surface area contributed by atoms with Gasteiger partial charge in [0.2, 0.25) is 0 Å². The van der Waals surface area contributed by atoms with Crippen molar-refractivity contribution in [3.05, 3.63) is 266 Å². The van der Waals surface area contributed by atoms with Crippen LogP contribution in [0.2, 0.25) is 0 Å². The molecule has 0 bridgehead atoms. The van der Waals surface area contributed by atoms with Gasteiger partial charge in [0.25, 0.3) is 0 Å². The number of rotatable bonds is 20. The molecule has 0 spiro atoms. The highest BCUT2D eigenvalue weighted by molar-refractivity contribution is 9.10. The van der Waals surface area contributed by atoms with Crippen LogP contribution in [0.5, 0.6) is 0 Å². The number of ketones is 1. The lowest BCUT2D eigenvalue weighted by Gasteiger charge is -2.23. The summed E-state index contributed by atoms with van der Waals surface area (Å²) in [6.45, 7) is 11.5. The Hall–Kier alpha value is -12.1. The van der Waals surface area contributed by atoms with Gasteiger partial charge in [-0.3, -0.25) is 4.79 Å². The number of benzene rings is 10. The number of carbonyl (C=O) groups is 1. The molecule has 30 heteroatoms. The van der Waals surface area contributed by atoms with Crippen LogP contribution >= 0.6 is 15.9 Å². The Morgan fingerprint density at radius 1 is 0.409 bits per heavy atom. The molecule has 568 valence electrons. The van der Waals surface area contributed by atoms with Gasteiger partial charge in [0.05, 0.1) is 46.2 Å². The first-order valence-electron chi connectivity index (χ1n) is 34.3. The third-order valence-corrected chi connectivity index (χ3v) is 18.3. The number of hydrogen-bond donors (Lipinski definition) is 2.